The van der Waals surface area contributed by atoms with Crippen LogP contribution in [-0.4, -0.2) is 19.0 Å². The van der Waals surface area contributed by atoms with Crippen LogP contribution in [0.4, 0.5) is 5.69 Å². The van der Waals surface area contributed by atoms with Crippen molar-refractivity contribution in [3.63, 3.8) is 0 Å². The summed E-state index contributed by atoms with van der Waals surface area (Å²) in [6, 6.07) is 6.64. The van der Waals surface area contributed by atoms with Gasteiger partial charge in [-0.05, 0) is 42.5 Å². The molecule has 1 aromatic rings. The molecule has 3 nitrogen and oxygen atoms in total. The van der Waals surface area contributed by atoms with Gasteiger partial charge in [0.15, 0.2) is 5.96 Å². The van der Waals surface area contributed by atoms with E-state index in [1.54, 1.807) is 0 Å². The monoisotopic (exact) mass is 237 g/mol. The van der Waals surface area contributed by atoms with Crippen LogP contribution in [0.5, 0.6) is 0 Å². The van der Waals surface area contributed by atoms with E-state index in [-0.39, 0.29) is 12.4 Å². The summed E-state index contributed by atoms with van der Waals surface area (Å²) in [5.41, 5.74) is 4.17. The van der Waals surface area contributed by atoms with Crippen LogP contribution in [0.15, 0.2) is 23.2 Å². The van der Waals surface area contributed by atoms with E-state index in [0.29, 0.717) is 0 Å². The Balaban J connectivity index is 0.000000963. The summed E-state index contributed by atoms with van der Waals surface area (Å²) >= 11 is 0. The molecule has 0 amide bonds. The molecule has 16 heavy (non-hydrogen) atoms. The summed E-state index contributed by atoms with van der Waals surface area (Å²) < 4.78 is 0. The molecule has 86 valence electrons. The Morgan fingerprint density at radius 3 is 2.88 bits per heavy atom. The molecule has 1 aliphatic heterocycles. The van der Waals surface area contributed by atoms with Crippen LogP contribution in [0.25, 0.3) is 0 Å². The van der Waals surface area contributed by atoms with Gasteiger partial charge in [0.25, 0.3) is 0 Å². The molecular formula is C12H16ClN3. The number of aryl methyl sites for hydroxylation is 2. The molecule has 2 aliphatic rings. The first-order chi connectivity index (χ1) is 7.42. The Hall–Kier alpha value is -1.22. The SMILES string of the molecule is Cl.c1cc2c(cc1NC1=NCCN1)CCC2. The number of guanidine groups is 1. The summed E-state index contributed by atoms with van der Waals surface area (Å²) in [5.74, 6) is 0.910. The highest BCUT2D eigenvalue weighted by molar-refractivity contribution is 5.94. The Morgan fingerprint density at radius 2 is 2.06 bits per heavy atom. The fraction of sp³-hybridized carbons (Fsp3) is 0.417. The average Bonchev–Trinajstić information content (AvgIpc) is 2.87. The second kappa shape index (κ2) is 4.74. The molecule has 0 saturated heterocycles. The fourth-order valence-electron chi connectivity index (χ4n) is 2.27. The third-order valence-electron chi connectivity index (χ3n) is 3.04. The van der Waals surface area contributed by atoms with E-state index in [4.69, 9.17) is 0 Å². The summed E-state index contributed by atoms with van der Waals surface area (Å²) in [5, 5.41) is 6.52. The van der Waals surface area contributed by atoms with Crippen molar-refractivity contribution in [3.8, 4) is 0 Å². The van der Waals surface area contributed by atoms with Crippen molar-refractivity contribution in [2.45, 2.75) is 19.3 Å². The molecule has 2 N–H and O–H groups in total. The Kier molecular flexibility index (Phi) is 3.34. The lowest BCUT2D eigenvalue weighted by Crippen LogP contribution is -2.26. The van der Waals surface area contributed by atoms with Gasteiger partial charge in [-0.25, -0.2) is 0 Å². The maximum atomic E-state index is 4.32. The number of rotatable bonds is 1. The number of hydrogen-bond donors (Lipinski definition) is 2. The lowest BCUT2D eigenvalue weighted by atomic mass is 10.1. The van der Waals surface area contributed by atoms with Gasteiger partial charge in [-0.2, -0.15) is 0 Å². The van der Waals surface area contributed by atoms with Crippen LogP contribution in [0.1, 0.15) is 17.5 Å². The first kappa shape index (κ1) is 11.3. The number of benzene rings is 1. The van der Waals surface area contributed by atoms with Crippen molar-refractivity contribution < 1.29 is 0 Å². The molecule has 4 heteroatoms. The number of hydrogen-bond acceptors (Lipinski definition) is 3. The van der Waals surface area contributed by atoms with E-state index in [0.717, 1.165) is 24.7 Å². The quantitative estimate of drug-likeness (QED) is 0.784. The Labute approximate surface area is 102 Å². The summed E-state index contributed by atoms with van der Waals surface area (Å²) in [6.45, 7) is 1.83. The molecule has 0 saturated carbocycles. The second-order valence-electron chi connectivity index (χ2n) is 4.12. The molecule has 0 aromatic heterocycles. The fourth-order valence-corrected chi connectivity index (χ4v) is 2.27. The van der Waals surface area contributed by atoms with Gasteiger partial charge in [0.05, 0.1) is 6.54 Å². The molecule has 0 spiro atoms. The zero-order chi connectivity index (χ0) is 10.1. The number of aliphatic imine (C=N–C) groups is 1. The number of nitrogens with zero attached hydrogens (tertiary/aromatic N) is 1. The predicted molar refractivity (Wildman–Crippen MR) is 69.6 cm³/mol. The molecule has 1 heterocycles. The van der Waals surface area contributed by atoms with E-state index < -0.39 is 0 Å². The van der Waals surface area contributed by atoms with Crippen LogP contribution >= 0.6 is 12.4 Å². The molecule has 0 atom stereocenters. The molecule has 1 aromatic carbocycles. The molecule has 0 radical (unpaired) electrons. The minimum absolute atomic E-state index is 0. The summed E-state index contributed by atoms with van der Waals surface area (Å²) in [4.78, 5) is 4.32. The molecule has 0 unspecified atom stereocenters. The zero-order valence-electron chi connectivity index (χ0n) is 9.12. The lowest BCUT2D eigenvalue weighted by molar-refractivity contribution is 0.912. The summed E-state index contributed by atoms with van der Waals surface area (Å²) in [7, 11) is 0. The van der Waals surface area contributed by atoms with Crippen molar-refractivity contribution in [2.75, 3.05) is 18.4 Å². The van der Waals surface area contributed by atoms with Gasteiger partial charge in [-0.3, -0.25) is 4.99 Å². The standard InChI is InChI=1S/C12H15N3.ClH/c1-2-9-4-5-11(8-10(9)3-1)15-12-13-6-7-14-12;/h4-5,8H,1-3,6-7H2,(H2,13,14,15);1H. The highest BCUT2D eigenvalue weighted by atomic mass is 35.5. The largest absolute Gasteiger partial charge is 0.354 e. The molecule has 1 aliphatic carbocycles. The van der Waals surface area contributed by atoms with Gasteiger partial charge in [0.1, 0.15) is 0 Å². The van der Waals surface area contributed by atoms with Gasteiger partial charge in [-0.1, -0.05) is 6.07 Å². The van der Waals surface area contributed by atoms with E-state index in [1.165, 1.54) is 30.4 Å². The number of halogens is 1. The maximum Gasteiger partial charge on any atom is 0.195 e. The smallest absolute Gasteiger partial charge is 0.195 e. The van der Waals surface area contributed by atoms with Crippen LogP contribution in [0, 0.1) is 0 Å². The Morgan fingerprint density at radius 1 is 1.19 bits per heavy atom. The van der Waals surface area contributed by atoms with E-state index in [1.807, 2.05) is 0 Å². The molecular weight excluding hydrogens is 222 g/mol. The third-order valence-corrected chi connectivity index (χ3v) is 3.04. The van der Waals surface area contributed by atoms with Gasteiger partial charge in [0.2, 0.25) is 0 Å². The topological polar surface area (TPSA) is 36.4 Å². The molecule has 3 rings (SSSR count). The first-order valence-electron chi connectivity index (χ1n) is 5.59. The van der Waals surface area contributed by atoms with Crippen molar-refractivity contribution in [1.82, 2.24) is 5.32 Å². The minimum Gasteiger partial charge on any atom is -0.354 e. The van der Waals surface area contributed by atoms with Crippen molar-refractivity contribution in [2.24, 2.45) is 4.99 Å². The molecule has 0 bridgehead atoms. The van der Waals surface area contributed by atoms with Crippen molar-refractivity contribution in [3.05, 3.63) is 29.3 Å². The van der Waals surface area contributed by atoms with Gasteiger partial charge >= 0.3 is 0 Å². The first-order valence-corrected chi connectivity index (χ1v) is 5.59. The normalized spacial score (nSPS) is 17.1. The van der Waals surface area contributed by atoms with E-state index in [9.17, 15) is 0 Å². The zero-order valence-corrected chi connectivity index (χ0v) is 9.94. The lowest BCUT2D eigenvalue weighted by Gasteiger charge is -2.08. The van der Waals surface area contributed by atoms with Crippen molar-refractivity contribution >= 4 is 24.1 Å². The number of nitrogens with one attached hydrogen (secondary N) is 2. The number of anilines is 1. The highest BCUT2D eigenvalue weighted by Gasteiger charge is 2.11. The summed E-state index contributed by atoms with van der Waals surface area (Å²) in [6.07, 6.45) is 3.78. The van der Waals surface area contributed by atoms with Crippen LogP contribution in [0.2, 0.25) is 0 Å². The molecule has 0 fully saturated rings. The predicted octanol–water partition coefficient (Wildman–Crippen LogP) is 1.97. The highest BCUT2D eigenvalue weighted by Crippen LogP contribution is 2.24. The van der Waals surface area contributed by atoms with Gasteiger partial charge in [-0.15, -0.1) is 12.4 Å². The van der Waals surface area contributed by atoms with Crippen LogP contribution < -0.4 is 10.6 Å². The third kappa shape index (κ3) is 2.14. The van der Waals surface area contributed by atoms with E-state index >= 15 is 0 Å². The van der Waals surface area contributed by atoms with Crippen LogP contribution in [0.3, 0.4) is 0 Å². The van der Waals surface area contributed by atoms with Crippen LogP contribution in [-0.2, 0) is 12.8 Å². The Bertz CT molecular complexity index is 415. The second-order valence-corrected chi connectivity index (χ2v) is 4.12. The van der Waals surface area contributed by atoms with Crippen molar-refractivity contribution in [1.29, 1.82) is 0 Å². The number of fused-ring (bicyclic) bond motifs is 1. The average molecular weight is 238 g/mol. The van der Waals surface area contributed by atoms with Gasteiger partial charge < -0.3 is 10.6 Å². The van der Waals surface area contributed by atoms with Gasteiger partial charge in [0, 0.05) is 12.2 Å². The van der Waals surface area contributed by atoms with E-state index in [2.05, 4.69) is 33.8 Å². The minimum atomic E-state index is 0. The maximum absolute atomic E-state index is 4.32.